The molecule has 0 spiro atoms. The third kappa shape index (κ3) is 3.85. The van der Waals surface area contributed by atoms with Gasteiger partial charge in [-0.15, -0.1) is 0 Å². The van der Waals surface area contributed by atoms with E-state index in [1.165, 1.54) is 23.5 Å². The lowest BCUT2D eigenvalue weighted by molar-refractivity contribution is 0.340. The second kappa shape index (κ2) is 8.17. The molecule has 3 unspecified atom stereocenters. The number of nitrogens with one attached hydrogen (secondary N) is 1. The molecule has 112 valence electrons. The Labute approximate surface area is 130 Å². The highest BCUT2D eigenvalue weighted by molar-refractivity contribution is 8.07. The Morgan fingerprint density at radius 1 is 1.25 bits per heavy atom. The molecular formula is C15H24N2OS2. The van der Waals surface area contributed by atoms with E-state index >= 15 is 0 Å². The summed E-state index contributed by atoms with van der Waals surface area (Å²) in [7, 11) is 0. The Balaban J connectivity index is 2.13. The lowest BCUT2D eigenvalue weighted by atomic mass is 10.0. The molecule has 0 bridgehead atoms. The summed E-state index contributed by atoms with van der Waals surface area (Å²) in [4.78, 5) is 0. The summed E-state index contributed by atoms with van der Waals surface area (Å²) in [5.74, 6) is 9.23. The van der Waals surface area contributed by atoms with Crippen LogP contribution in [-0.2, 0) is 0 Å². The first-order valence-corrected chi connectivity index (χ1v) is 9.32. The zero-order valence-electron chi connectivity index (χ0n) is 12.2. The van der Waals surface area contributed by atoms with E-state index in [0.717, 1.165) is 5.75 Å². The molecule has 1 aliphatic heterocycles. The van der Waals surface area contributed by atoms with Crippen molar-refractivity contribution in [3.05, 3.63) is 29.8 Å². The number of nitrogens with two attached hydrogens (primary N) is 1. The molecule has 1 aromatic rings. The molecule has 1 saturated heterocycles. The molecule has 0 saturated carbocycles. The predicted molar refractivity (Wildman–Crippen MR) is 90.5 cm³/mol. The molecule has 1 aromatic carbocycles. The molecule has 3 N–H and O–H groups in total. The maximum atomic E-state index is 5.85. The van der Waals surface area contributed by atoms with Gasteiger partial charge in [0.1, 0.15) is 5.75 Å². The van der Waals surface area contributed by atoms with E-state index < -0.39 is 0 Å². The van der Waals surface area contributed by atoms with E-state index in [1.807, 2.05) is 30.8 Å². The smallest absolute Gasteiger partial charge is 0.119 e. The molecule has 5 heteroatoms. The quantitative estimate of drug-likeness (QED) is 0.624. The fraction of sp³-hybridized carbons (Fsp3) is 0.600. The van der Waals surface area contributed by atoms with E-state index in [0.29, 0.717) is 17.1 Å². The third-order valence-corrected chi connectivity index (χ3v) is 6.90. The lowest BCUT2D eigenvalue weighted by Gasteiger charge is -2.35. The second-order valence-electron chi connectivity index (χ2n) is 4.80. The van der Waals surface area contributed by atoms with Gasteiger partial charge in [0.05, 0.1) is 12.6 Å². The van der Waals surface area contributed by atoms with Crippen LogP contribution in [0.5, 0.6) is 5.75 Å². The van der Waals surface area contributed by atoms with Gasteiger partial charge in [-0.1, -0.05) is 19.1 Å². The molecule has 0 aliphatic carbocycles. The van der Waals surface area contributed by atoms with Crippen molar-refractivity contribution in [2.24, 2.45) is 5.84 Å². The number of hydrogen-bond acceptors (Lipinski definition) is 5. The summed E-state index contributed by atoms with van der Waals surface area (Å²) in [5, 5.41) is 1.20. The molecule has 2 rings (SSSR count). The minimum Gasteiger partial charge on any atom is -0.494 e. The highest BCUT2D eigenvalue weighted by Gasteiger charge is 2.32. The van der Waals surface area contributed by atoms with E-state index in [9.17, 15) is 0 Å². The molecule has 3 atom stereocenters. The first-order chi connectivity index (χ1) is 9.80. The molecular weight excluding hydrogens is 288 g/mol. The van der Waals surface area contributed by atoms with Gasteiger partial charge in [-0.05, 0) is 31.0 Å². The van der Waals surface area contributed by atoms with Gasteiger partial charge in [-0.3, -0.25) is 11.3 Å². The highest BCUT2D eigenvalue weighted by atomic mass is 32.2. The minimum atomic E-state index is 0.202. The Kier molecular flexibility index (Phi) is 6.55. The van der Waals surface area contributed by atoms with Gasteiger partial charge in [-0.2, -0.15) is 23.5 Å². The van der Waals surface area contributed by atoms with Gasteiger partial charge in [0.25, 0.3) is 0 Å². The fourth-order valence-electron chi connectivity index (χ4n) is 2.57. The van der Waals surface area contributed by atoms with Crippen LogP contribution in [0.2, 0.25) is 0 Å². The number of hydrazine groups is 1. The average molecular weight is 313 g/mol. The van der Waals surface area contributed by atoms with Crippen molar-refractivity contribution < 1.29 is 4.74 Å². The van der Waals surface area contributed by atoms with Gasteiger partial charge in [0.2, 0.25) is 0 Å². The van der Waals surface area contributed by atoms with E-state index in [4.69, 9.17) is 10.6 Å². The molecule has 0 radical (unpaired) electrons. The number of thioether (sulfide) groups is 2. The highest BCUT2D eigenvalue weighted by Crippen LogP contribution is 2.40. The monoisotopic (exact) mass is 312 g/mol. The maximum Gasteiger partial charge on any atom is 0.119 e. The SMILES string of the molecule is CCOc1ccc(C(NN)C2SCCSC2CC)cc1. The van der Waals surface area contributed by atoms with Gasteiger partial charge < -0.3 is 4.74 Å². The summed E-state index contributed by atoms with van der Waals surface area (Å²) in [6.45, 7) is 4.97. The van der Waals surface area contributed by atoms with Gasteiger partial charge in [0.15, 0.2) is 0 Å². The van der Waals surface area contributed by atoms with Crippen LogP contribution in [0.3, 0.4) is 0 Å². The fourth-order valence-corrected chi connectivity index (χ4v) is 5.80. The summed E-state index contributed by atoms with van der Waals surface area (Å²) < 4.78 is 5.50. The lowest BCUT2D eigenvalue weighted by Crippen LogP contribution is -2.41. The summed E-state index contributed by atoms with van der Waals surface area (Å²) >= 11 is 4.12. The Bertz CT molecular complexity index is 399. The van der Waals surface area contributed by atoms with Gasteiger partial charge >= 0.3 is 0 Å². The Morgan fingerprint density at radius 3 is 2.55 bits per heavy atom. The van der Waals surface area contributed by atoms with Crippen molar-refractivity contribution in [2.45, 2.75) is 36.8 Å². The largest absolute Gasteiger partial charge is 0.494 e. The van der Waals surface area contributed by atoms with Crippen molar-refractivity contribution >= 4 is 23.5 Å². The molecule has 1 heterocycles. The third-order valence-electron chi connectivity index (χ3n) is 3.55. The summed E-state index contributed by atoms with van der Waals surface area (Å²) in [6, 6.07) is 8.52. The molecule has 3 nitrogen and oxygen atoms in total. The molecule has 0 amide bonds. The van der Waals surface area contributed by atoms with Crippen LogP contribution < -0.4 is 16.0 Å². The zero-order valence-corrected chi connectivity index (χ0v) is 13.8. The van der Waals surface area contributed by atoms with Crippen LogP contribution in [-0.4, -0.2) is 28.6 Å². The standard InChI is InChI=1S/C15H24N2OS2/c1-3-13-15(20-10-9-19-13)14(17-16)11-5-7-12(8-6-11)18-4-2/h5-8,13-15,17H,3-4,9-10,16H2,1-2H3. The number of rotatable bonds is 6. The average Bonchev–Trinajstić information content (AvgIpc) is 2.50. The van der Waals surface area contributed by atoms with Crippen molar-refractivity contribution in [3.8, 4) is 5.75 Å². The normalized spacial score (nSPS) is 24.4. The van der Waals surface area contributed by atoms with Crippen LogP contribution >= 0.6 is 23.5 Å². The van der Waals surface area contributed by atoms with Crippen LogP contribution in [0.25, 0.3) is 0 Å². The van der Waals surface area contributed by atoms with Crippen LogP contribution in [0.15, 0.2) is 24.3 Å². The second-order valence-corrected chi connectivity index (χ2v) is 7.43. The van der Waals surface area contributed by atoms with Crippen molar-refractivity contribution in [1.82, 2.24) is 5.43 Å². The molecule has 0 aromatic heterocycles. The van der Waals surface area contributed by atoms with E-state index in [1.54, 1.807) is 0 Å². The minimum absolute atomic E-state index is 0.202. The van der Waals surface area contributed by atoms with Gasteiger partial charge in [-0.25, -0.2) is 0 Å². The molecule has 20 heavy (non-hydrogen) atoms. The van der Waals surface area contributed by atoms with Crippen molar-refractivity contribution in [2.75, 3.05) is 18.1 Å². The first kappa shape index (κ1) is 16.0. The zero-order chi connectivity index (χ0) is 14.4. The molecule has 1 fully saturated rings. The summed E-state index contributed by atoms with van der Waals surface area (Å²) in [5.41, 5.74) is 4.27. The number of benzene rings is 1. The van der Waals surface area contributed by atoms with Crippen LogP contribution in [0, 0.1) is 0 Å². The predicted octanol–water partition coefficient (Wildman–Crippen LogP) is 3.22. The number of hydrogen-bond donors (Lipinski definition) is 2. The Morgan fingerprint density at radius 2 is 1.95 bits per heavy atom. The number of ether oxygens (including phenoxy) is 1. The topological polar surface area (TPSA) is 47.3 Å². The summed E-state index contributed by atoms with van der Waals surface area (Å²) in [6.07, 6.45) is 1.19. The van der Waals surface area contributed by atoms with Crippen LogP contribution in [0.1, 0.15) is 31.9 Å². The van der Waals surface area contributed by atoms with Crippen LogP contribution in [0.4, 0.5) is 0 Å². The molecule has 1 aliphatic rings. The van der Waals surface area contributed by atoms with Gasteiger partial charge in [0, 0.05) is 22.0 Å². The van der Waals surface area contributed by atoms with E-state index in [2.05, 4.69) is 36.2 Å². The maximum absolute atomic E-state index is 5.85. The van der Waals surface area contributed by atoms with E-state index in [-0.39, 0.29) is 6.04 Å². The van der Waals surface area contributed by atoms with Crippen molar-refractivity contribution in [1.29, 1.82) is 0 Å². The first-order valence-electron chi connectivity index (χ1n) is 7.22. The Hall–Kier alpha value is -0.360. The van der Waals surface area contributed by atoms with Crippen molar-refractivity contribution in [3.63, 3.8) is 0 Å².